The van der Waals surface area contributed by atoms with Crippen LogP contribution in [0.3, 0.4) is 0 Å². The zero-order valence-electron chi connectivity index (χ0n) is 21.1. The predicted octanol–water partition coefficient (Wildman–Crippen LogP) is 3.19. The predicted molar refractivity (Wildman–Crippen MR) is 125 cm³/mol. The Hall–Kier alpha value is -5.18. The summed E-state index contributed by atoms with van der Waals surface area (Å²) in [7, 11) is 1.38. The van der Waals surface area contributed by atoms with E-state index in [9.17, 15) is 9.18 Å². The minimum atomic E-state index is -2.80. The molecule has 0 radical (unpaired) electrons. The summed E-state index contributed by atoms with van der Waals surface area (Å²) in [5, 5.41) is 16.9. The highest BCUT2D eigenvalue weighted by atomic mass is 19.1. The van der Waals surface area contributed by atoms with Gasteiger partial charge in [0.15, 0.2) is 23.2 Å². The van der Waals surface area contributed by atoms with E-state index in [1.807, 2.05) is 11.4 Å². The molecule has 35 heavy (non-hydrogen) atoms. The SMILES string of the molecule is [2H]C([2H])([2H])NC(=O)c1c(Nc2nccc(-c3ncc(F)cn3)c2OC)ccnc1Nc1cccc(C#N)n1. The van der Waals surface area contributed by atoms with Crippen LogP contribution in [0, 0.1) is 17.1 Å². The zero-order chi connectivity index (χ0) is 27.3. The molecule has 4 rings (SSSR count). The molecule has 11 nitrogen and oxygen atoms in total. The van der Waals surface area contributed by atoms with Crippen molar-refractivity contribution in [3.63, 3.8) is 0 Å². The lowest BCUT2D eigenvalue weighted by Gasteiger charge is -2.17. The third-order valence-corrected chi connectivity index (χ3v) is 4.62. The molecule has 0 aliphatic rings. The Morgan fingerprint density at radius 2 is 1.86 bits per heavy atom. The van der Waals surface area contributed by atoms with Gasteiger partial charge in [-0.3, -0.25) is 4.79 Å². The lowest BCUT2D eigenvalue weighted by atomic mass is 10.1. The second kappa shape index (κ2) is 10.2. The summed E-state index contributed by atoms with van der Waals surface area (Å²) in [5.41, 5.74) is 0.429. The molecule has 0 atom stereocenters. The molecule has 0 bridgehead atoms. The van der Waals surface area contributed by atoms with E-state index in [4.69, 9.17) is 14.1 Å². The highest BCUT2D eigenvalue weighted by Crippen LogP contribution is 2.36. The van der Waals surface area contributed by atoms with Gasteiger partial charge in [-0.15, -0.1) is 0 Å². The fourth-order valence-electron chi connectivity index (χ4n) is 3.14. The average Bonchev–Trinajstić information content (AvgIpc) is 2.88. The van der Waals surface area contributed by atoms with Crippen LogP contribution in [0.5, 0.6) is 5.75 Å². The largest absolute Gasteiger partial charge is 0.492 e. The maximum Gasteiger partial charge on any atom is 0.256 e. The first-order valence-corrected chi connectivity index (χ1v) is 9.92. The number of carbonyl (C=O) groups excluding carboxylic acids is 1. The van der Waals surface area contributed by atoms with Crippen molar-refractivity contribution in [1.29, 1.82) is 5.26 Å². The van der Waals surface area contributed by atoms with Gasteiger partial charge in [-0.1, -0.05) is 6.07 Å². The number of amides is 1. The molecule has 12 heteroatoms. The number of nitriles is 1. The van der Waals surface area contributed by atoms with Crippen LogP contribution in [0.25, 0.3) is 11.4 Å². The summed E-state index contributed by atoms with van der Waals surface area (Å²) in [6.07, 6.45) is 4.79. The van der Waals surface area contributed by atoms with Crippen LogP contribution in [0.15, 0.2) is 55.1 Å². The topological polar surface area (TPSA) is 151 Å². The molecule has 0 fully saturated rings. The number of aromatic nitrogens is 5. The van der Waals surface area contributed by atoms with E-state index in [-0.39, 0.29) is 46.0 Å². The molecule has 174 valence electrons. The first-order valence-electron chi connectivity index (χ1n) is 11.4. The van der Waals surface area contributed by atoms with Crippen molar-refractivity contribution < 1.29 is 18.0 Å². The number of hydrogen-bond acceptors (Lipinski definition) is 10. The van der Waals surface area contributed by atoms with Crippen molar-refractivity contribution in [2.45, 2.75) is 0 Å². The van der Waals surface area contributed by atoms with Gasteiger partial charge in [0.25, 0.3) is 5.91 Å². The van der Waals surface area contributed by atoms with Crippen LogP contribution < -0.4 is 20.7 Å². The zero-order valence-corrected chi connectivity index (χ0v) is 18.1. The Balaban J connectivity index is 1.79. The van der Waals surface area contributed by atoms with E-state index in [2.05, 4.69) is 35.6 Å². The van der Waals surface area contributed by atoms with Gasteiger partial charge < -0.3 is 20.7 Å². The second-order valence-electron chi connectivity index (χ2n) is 6.77. The van der Waals surface area contributed by atoms with Crippen molar-refractivity contribution in [2.24, 2.45) is 0 Å². The van der Waals surface area contributed by atoms with E-state index < -0.39 is 18.7 Å². The summed E-state index contributed by atoms with van der Waals surface area (Å²) < 4.78 is 41.2. The molecule has 4 aromatic heterocycles. The molecule has 0 aromatic carbocycles. The van der Waals surface area contributed by atoms with Crippen LogP contribution in [0.2, 0.25) is 0 Å². The molecule has 0 spiro atoms. The normalized spacial score (nSPS) is 11.9. The van der Waals surface area contributed by atoms with Crippen LogP contribution in [-0.4, -0.2) is 44.9 Å². The standard InChI is InChI=1S/C23H18FN9O2/c1-26-23(34)18-16(7-9-27-21(18)33-17-5-3-4-14(10-25)31-17)32-22-19(35-2)15(6-8-28-22)20-29-11-13(24)12-30-20/h3-9,11-12H,1-2H3,(H,26,34)(H2,27,28,31,32,33)/i1D3. The number of hydrogen-bond donors (Lipinski definition) is 3. The van der Waals surface area contributed by atoms with E-state index in [1.165, 1.54) is 31.6 Å². The molecule has 0 aliphatic carbocycles. The molecule has 0 aliphatic heterocycles. The molecule has 0 saturated carbocycles. The quantitative estimate of drug-likeness (QED) is 0.364. The molecule has 0 unspecified atom stereocenters. The number of anilines is 4. The van der Waals surface area contributed by atoms with Gasteiger partial charge in [-0.25, -0.2) is 29.3 Å². The van der Waals surface area contributed by atoms with E-state index in [1.54, 1.807) is 18.2 Å². The lowest BCUT2D eigenvalue weighted by Crippen LogP contribution is -2.21. The lowest BCUT2D eigenvalue weighted by molar-refractivity contribution is 0.0964. The van der Waals surface area contributed by atoms with Gasteiger partial charge in [0.2, 0.25) is 0 Å². The Bertz CT molecular complexity index is 1530. The maximum atomic E-state index is 13.3. The van der Waals surface area contributed by atoms with Gasteiger partial charge in [0.1, 0.15) is 29.0 Å². The molecular formula is C23H18FN9O2. The van der Waals surface area contributed by atoms with E-state index in [0.29, 0.717) is 5.56 Å². The van der Waals surface area contributed by atoms with Crippen molar-refractivity contribution in [3.05, 3.63) is 72.2 Å². The smallest absolute Gasteiger partial charge is 0.256 e. The highest BCUT2D eigenvalue weighted by Gasteiger charge is 2.21. The molecular weight excluding hydrogens is 453 g/mol. The number of nitrogens with one attached hydrogen (secondary N) is 3. The highest BCUT2D eigenvalue weighted by molar-refractivity contribution is 6.05. The Morgan fingerprint density at radius 3 is 2.60 bits per heavy atom. The number of methoxy groups -OCH3 is 1. The Morgan fingerprint density at radius 1 is 1.09 bits per heavy atom. The number of rotatable bonds is 7. The van der Waals surface area contributed by atoms with Crippen LogP contribution in [0.4, 0.5) is 27.5 Å². The fourth-order valence-corrected chi connectivity index (χ4v) is 3.14. The summed E-state index contributed by atoms with van der Waals surface area (Å²) in [6, 6.07) is 9.52. The van der Waals surface area contributed by atoms with Gasteiger partial charge >= 0.3 is 0 Å². The third kappa shape index (κ3) is 4.93. The van der Waals surface area contributed by atoms with E-state index >= 15 is 0 Å². The Kier molecular flexibility index (Phi) is 5.61. The molecule has 0 saturated heterocycles. The van der Waals surface area contributed by atoms with Crippen molar-refractivity contribution >= 4 is 29.0 Å². The number of nitrogens with zero attached hydrogens (tertiary/aromatic N) is 6. The third-order valence-electron chi connectivity index (χ3n) is 4.62. The monoisotopic (exact) mass is 474 g/mol. The number of pyridine rings is 3. The average molecular weight is 474 g/mol. The fraction of sp³-hybridized carbons (Fsp3) is 0.0870. The summed E-state index contributed by atoms with van der Waals surface area (Å²) in [4.78, 5) is 33.6. The molecule has 1 amide bonds. The van der Waals surface area contributed by atoms with Gasteiger partial charge in [0.05, 0.1) is 30.8 Å². The maximum absolute atomic E-state index is 13.3. The molecule has 4 heterocycles. The second-order valence-corrected chi connectivity index (χ2v) is 6.77. The van der Waals surface area contributed by atoms with Crippen LogP contribution >= 0.6 is 0 Å². The van der Waals surface area contributed by atoms with Gasteiger partial charge in [-0.2, -0.15) is 5.26 Å². The van der Waals surface area contributed by atoms with E-state index in [0.717, 1.165) is 12.4 Å². The van der Waals surface area contributed by atoms with Crippen LogP contribution in [-0.2, 0) is 0 Å². The summed E-state index contributed by atoms with van der Waals surface area (Å²) >= 11 is 0. The number of ether oxygens (including phenoxy) is 1. The van der Waals surface area contributed by atoms with Gasteiger partial charge in [-0.05, 0) is 24.3 Å². The van der Waals surface area contributed by atoms with Crippen molar-refractivity contribution in [1.82, 2.24) is 30.2 Å². The van der Waals surface area contributed by atoms with Gasteiger partial charge in [0, 0.05) is 23.5 Å². The number of carbonyl (C=O) groups is 1. The van der Waals surface area contributed by atoms with Crippen molar-refractivity contribution in [3.8, 4) is 23.2 Å². The Labute approximate surface area is 203 Å². The number of halogens is 1. The minimum absolute atomic E-state index is 0.0451. The molecule has 3 N–H and O–H groups in total. The summed E-state index contributed by atoms with van der Waals surface area (Å²) in [5.74, 6) is -0.972. The van der Waals surface area contributed by atoms with Crippen molar-refractivity contribution in [2.75, 3.05) is 24.7 Å². The minimum Gasteiger partial charge on any atom is -0.492 e. The summed E-state index contributed by atoms with van der Waals surface area (Å²) in [6.45, 7) is -2.80. The molecule has 4 aromatic rings. The van der Waals surface area contributed by atoms with Crippen LogP contribution in [0.1, 0.15) is 20.2 Å². The first kappa shape index (κ1) is 19.3. The first-order chi connectivity index (χ1) is 18.2.